The second-order valence-electron chi connectivity index (χ2n) is 17.2. The number of benzene rings is 9. The lowest BCUT2D eigenvalue weighted by molar-refractivity contribution is 0.660. The molecule has 0 saturated carbocycles. The quantitative estimate of drug-likeness (QED) is 0.177. The lowest BCUT2D eigenvalue weighted by Crippen LogP contribution is -2.26. The molecule has 60 heavy (non-hydrogen) atoms. The fourth-order valence-corrected chi connectivity index (χ4v) is 11.3. The molecule has 3 aliphatic rings. The van der Waals surface area contributed by atoms with Crippen LogP contribution in [0.25, 0.3) is 66.4 Å². The Morgan fingerprint density at radius 1 is 0.383 bits per heavy atom. The number of fused-ring (bicyclic) bond motifs is 16. The summed E-state index contributed by atoms with van der Waals surface area (Å²) in [5, 5.41) is 2.21. The van der Waals surface area contributed by atoms with Gasteiger partial charge in [-0.25, -0.2) is 0 Å². The molecule has 10 aromatic rings. The molecule has 0 amide bonds. The van der Waals surface area contributed by atoms with Crippen LogP contribution in [0.3, 0.4) is 0 Å². The van der Waals surface area contributed by atoms with Crippen molar-refractivity contribution in [2.24, 2.45) is 0 Å². The van der Waals surface area contributed by atoms with Gasteiger partial charge in [-0.15, -0.1) is 0 Å². The van der Waals surface area contributed by atoms with E-state index in [1.165, 1.54) is 72.3 Å². The predicted octanol–water partition coefficient (Wildman–Crippen LogP) is 15.4. The van der Waals surface area contributed by atoms with Crippen molar-refractivity contribution >= 4 is 39.0 Å². The number of furan rings is 1. The first-order valence-corrected chi connectivity index (χ1v) is 21.0. The van der Waals surface area contributed by atoms with Crippen molar-refractivity contribution in [1.29, 1.82) is 0 Å². The van der Waals surface area contributed by atoms with E-state index in [-0.39, 0.29) is 5.41 Å². The molecule has 3 aliphatic carbocycles. The molecule has 1 aromatic heterocycles. The number of hydrogen-bond acceptors (Lipinski definition) is 2. The van der Waals surface area contributed by atoms with E-state index < -0.39 is 5.41 Å². The summed E-state index contributed by atoms with van der Waals surface area (Å²) in [5.74, 6) is 0. The molecule has 9 aromatic carbocycles. The Labute approximate surface area is 349 Å². The molecule has 0 unspecified atom stereocenters. The van der Waals surface area contributed by atoms with Gasteiger partial charge in [0.15, 0.2) is 0 Å². The van der Waals surface area contributed by atoms with Crippen molar-refractivity contribution in [3.05, 3.63) is 234 Å². The third-order valence-corrected chi connectivity index (χ3v) is 13.9. The number of anilines is 3. The molecule has 0 aliphatic heterocycles. The Balaban J connectivity index is 1.21. The second-order valence-corrected chi connectivity index (χ2v) is 17.2. The molecule has 1 spiro atoms. The van der Waals surface area contributed by atoms with Crippen LogP contribution in [0.15, 0.2) is 205 Å². The van der Waals surface area contributed by atoms with Crippen LogP contribution < -0.4 is 4.90 Å². The Bertz CT molecular complexity index is 3360. The van der Waals surface area contributed by atoms with Crippen molar-refractivity contribution in [2.75, 3.05) is 4.90 Å². The van der Waals surface area contributed by atoms with Crippen molar-refractivity contribution < 1.29 is 4.42 Å². The Hall–Kier alpha value is -7.42. The van der Waals surface area contributed by atoms with Gasteiger partial charge in [-0.05, 0) is 115 Å². The first kappa shape index (κ1) is 33.5. The summed E-state index contributed by atoms with van der Waals surface area (Å²) in [6.07, 6.45) is 0. The highest BCUT2D eigenvalue weighted by atomic mass is 16.3. The number of para-hydroxylation sites is 1. The molecule has 1 heterocycles. The van der Waals surface area contributed by atoms with Gasteiger partial charge in [-0.1, -0.05) is 172 Å². The van der Waals surface area contributed by atoms with Gasteiger partial charge < -0.3 is 9.32 Å². The fraction of sp³-hybridized carbons (Fsp3) is 0.0690. The summed E-state index contributed by atoms with van der Waals surface area (Å²) in [6.45, 7) is 4.74. The number of rotatable bonds is 4. The fourth-order valence-electron chi connectivity index (χ4n) is 11.3. The summed E-state index contributed by atoms with van der Waals surface area (Å²) < 4.78 is 7.13. The molecule has 0 atom stereocenters. The molecular formula is C58H39NO. The predicted molar refractivity (Wildman–Crippen MR) is 248 cm³/mol. The average molecular weight is 766 g/mol. The maximum Gasteiger partial charge on any atom is 0.137 e. The maximum absolute atomic E-state index is 7.13. The van der Waals surface area contributed by atoms with Crippen LogP contribution in [-0.2, 0) is 10.8 Å². The Morgan fingerprint density at radius 2 is 0.933 bits per heavy atom. The summed E-state index contributed by atoms with van der Waals surface area (Å²) in [4.78, 5) is 2.53. The third kappa shape index (κ3) is 4.27. The molecule has 0 bridgehead atoms. The largest absolute Gasteiger partial charge is 0.456 e. The normalized spacial score (nSPS) is 14.4. The molecule has 282 valence electrons. The zero-order valence-electron chi connectivity index (χ0n) is 33.4. The topological polar surface area (TPSA) is 16.4 Å². The highest BCUT2D eigenvalue weighted by Gasteiger charge is 2.53. The van der Waals surface area contributed by atoms with E-state index >= 15 is 0 Å². The van der Waals surface area contributed by atoms with Crippen LogP contribution in [0.2, 0.25) is 0 Å². The Morgan fingerprint density at radius 3 is 1.62 bits per heavy atom. The van der Waals surface area contributed by atoms with Gasteiger partial charge in [0.2, 0.25) is 0 Å². The standard InChI is InChI=1S/C58H39NO/c1-57(2)46-25-13-9-21-40(46)43-31-30-39(34-50(43)57)59(38-19-7-4-8-20-38)56-54-44-24-12-16-28-49(44)58(47-26-14-10-22-41(47)42-23-11-15-27-48(42)58)51(54)35-53-55(56)45-33-37(29-32-52(45)60-53)36-17-5-3-6-18-36/h3-35H,1-2H3. The molecule has 2 nitrogen and oxygen atoms in total. The van der Waals surface area contributed by atoms with Crippen LogP contribution in [0, 0.1) is 0 Å². The van der Waals surface area contributed by atoms with Gasteiger partial charge in [0, 0.05) is 27.7 Å². The van der Waals surface area contributed by atoms with E-state index in [0.717, 1.165) is 44.6 Å². The molecule has 0 saturated heterocycles. The monoisotopic (exact) mass is 765 g/mol. The number of hydrogen-bond donors (Lipinski definition) is 0. The van der Waals surface area contributed by atoms with Gasteiger partial charge in [-0.2, -0.15) is 0 Å². The van der Waals surface area contributed by atoms with Gasteiger partial charge >= 0.3 is 0 Å². The van der Waals surface area contributed by atoms with E-state index in [0.29, 0.717) is 0 Å². The van der Waals surface area contributed by atoms with E-state index in [4.69, 9.17) is 4.42 Å². The lowest BCUT2D eigenvalue weighted by Gasteiger charge is -2.32. The smallest absolute Gasteiger partial charge is 0.137 e. The first-order valence-electron chi connectivity index (χ1n) is 21.0. The zero-order chi connectivity index (χ0) is 39.7. The highest BCUT2D eigenvalue weighted by Crippen LogP contribution is 2.66. The molecule has 0 fully saturated rings. The summed E-state index contributed by atoms with van der Waals surface area (Å²) in [7, 11) is 0. The number of nitrogens with zero attached hydrogens (tertiary/aromatic N) is 1. The van der Waals surface area contributed by atoms with E-state index in [2.05, 4.69) is 219 Å². The molecule has 0 radical (unpaired) electrons. The SMILES string of the molecule is CC1(C)c2ccccc2-c2ccc(N(c3ccccc3)c3c4c(cc5oc6ccc(-c7ccccc7)cc6c35)C3(c5ccccc5-c5ccccc53)c3ccccc3-4)cc21. The van der Waals surface area contributed by atoms with E-state index in [9.17, 15) is 0 Å². The molecule has 2 heteroatoms. The van der Waals surface area contributed by atoms with Crippen molar-refractivity contribution in [3.63, 3.8) is 0 Å². The summed E-state index contributed by atoms with van der Waals surface area (Å²) in [5.41, 5.74) is 22.3. The van der Waals surface area contributed by atoms with Gasteiger partial charge in [-0.3, -0.25) is 0 Å². The minimum atomic E-state index is -0.542. The van der Waals surface area contributed by atoms with Crippen LogP contribution in [-0.4, -0.2) is 0 Å². The van der Waals surface area contributed by atoms with E-state index in [1.807, 2.05) is 0 Å². The lowest BCUT2D eigenvalue weighted by atomic mass is 9.70. The van der Waals surface area contributed by atoms with Crippen LogP contribution in [0.1, 0.15) is 47.2 Å². The minimum Gasteiger partial charge on any atom is -0.456 e. The first-order chi connectivity index (χ1) is 29.5. The van der Waals surface area contributed by atoms with Crippen molar-refractivity contribution in [3.8, 4) is 44.5 Å². The van der Waals surface area contributed by atoms with Gasteiger partial charge in [0.25, 0.3) is 0 Å². The Kier molecular flexibility index (Phi) is 6.74. The summed E-state index contributed by atoms with van der Waals surface area (Å²) >= 11 is 0. The zero-order valence-corrected chi connectivity index (χ0v) is 33.4. The molecular weight excluding hydrogens is 727 g/mol. The van der Waals surface area contributed by atoms with Crippen LogP contribution >= 0.6 is 0 Å². The summed E-state index contributed by atoms with van der Waals surface area (Å²) in [6, 6.07) is 74.0. The third-order valence-electron chi connectivity index (χ3n) is 13.9. The van der Waals surface area contributed by atoms with Crippen molar-refractivity contribution in [1.82, 2.24) is 0 Å². The maximum atomic E-state index is 7.13. The van der Waals surface area contributed by atoms with Gasteiger partial charge in [0.1, 0.15) is 11.2 Å². The van der Waals surface area contributed by atoms with Crippen molar-refractivity contribution in [2.45, 2.75) is 24.7 Å². The minimum absolute atomic E-state index is 0.168. The van der Waals surface area contributed by atoms with Gasteiger partial charge in [0.05, 0.1) is 16.5 Å². The van der Waals surface area contributed by atoms with Crippen LogP contribution in [0.4, 0.5) is 17.1 Å². The highest BCUT2D eigenvalue weighted by molar-refractivity contribution is 6.20. The average Bonchev–Trinajstić information content (AvgIpc) is 3.99. The van der Waals surface area contributed by atoms with Crippen LogP contribution in [0.5, 0.6) is 0 Å². The molecule has 13 rings (SSSR count). The van der Waals surface area contributed by atoms with E-state index in [1.54, 1.807) is 0 Å². The molecule has 0 N–H and O–H groups in total. The second kappa shape index (κ2) is 12.1.